The molecule has 0 aromatic rings. The Morgan fingerprint density at radius 1 is 1.24 bits per heavy atom. The van der Waals surface area contributed by atoms with Gasteiger partial charge < -0.3 is 10.2 Å². The van der Waals surface area contributed by atoms with Crippen molar-refractivity contribution < 1.29 is 19.8 Å². The van der Waals surface area contributed by atoms with E-state index in [9.17, 15) is 9.59 Å². The van der Waals surface area contributed by atoms with Crippen molar-refractivity contribution >= 4 is 24.3 Å². The van der Waals surface area contributed by atoms with Crippen LogP contribution in [0.25, 0.3) is 0 Å². The molecule has 100 valence electrons. The fourth-order valence-corrected chi connectivity index (χ4v) is 1.61. The Hall–Kier alpha value is -1.03. The minimum atomic E-state index is -1.19. The summed E-state index contributed by atoms with van der Waals surface area (Å²) in [6.07, 6.45) is 5.11. The van der Waals surface area contributed by atoms with Gasteiger partial charge in [-0.3, -0.25) is 0 Å². The molecule has 0 aliphatic heterocycles. The SMILES string of the molecule is CCCCC(CC)CC(=CC(=O)O)C(=O)O.Cl. The second-order valence-corrected chi connectivity index (χ2v) is 3.93. The zero-order chi connectivity index (χ0) is 12.6. The van der Waals surface area contributed by atoms with E-state index in [1.54, 1.807) is 0 Å². The van der Waals surface area contributed by atoms with E-state index in [-0.39, 0.29) is 23.9 Å². The molecule has 0 saturated heterocycles. The van der Waals surface area contributed by atoms with Crippen molar-refractivity contribution in [2.45, 2.75) is 46.0 Å². The number of carboxylic acid groups (broad SMARTS) is 2. The van der Waals surface area contributed by atoms with Crippen LogP contribution in [-0.2, 0) is 9.59 Å². The van der Waals surface area contributed by atoms with Gasteiger partial charge in [0.25, 0.3) is 0 Å². The van der Waals surface area contributed by atoms with Crippen LogP contribution in [0, 0.1) is 5.92 Å². The molecular formula is C12H21ClO4. The number of unbranched alkanes of at least 4 members (excludes halogenated alkanes) is 1. The summed E-state index contributed by atoms with van der Waals surface area (Å²) in [6, 6.07) is 0. The number of halogens is 1. The molecule has 4 nitrogen and oxygen atoms in total. The van der Waals surface area contributed by atoms with Crippen LogP contribution in [0.2, 0.25) is 0 Å². The third-order valence-corrected chi connectivity index (χ3v) is 2.62. The molecule has 2 N–H and O–H groups in total. The first kappa shape index (κ1) is 18.3. The molecule has 0 amide bonds. The lowest BCUT2D eigenvalue weighted by Crippen LogP contribution is -2.09. The molecule has 1 unspecified atom stereocenters. The normalized spacial score (nSPS) is 12.7. The van der Waals surface area contributed by atoms with Crippen molar-refractivity contribution in [2.75, 3.05) is 0 Å². The van der Waals surface area contributed by atoms with Gasteiger partial charge in [0.2, 0.25) is 0 Å². The van der Waals surface area contributed by atoms with E-state index in [1.165, 1.54) is 0 Å². The van der Waals surface area contributed by atoms with E-state index in [4.69, 9.17) is 10.2 Å². The summed E-state index contributed by atoms with van der Waals surface area (Å²) in [5.41, 5.74) is -0.00421. The van der Waals surface area contributed by atoms with Crippen LogP contribution in [0.1, 0.15) is 46.0 Å². The van der Waals surface area contributed by atoms with E-state index in [0.29, 0.717) is 6.42 Å². The standard InChI is InChI=1S/C12H20O4.ClH/c1-3-5-6-9(4-2)7-10(12(15)16)8-11(13)14;/h8-9H,3-7H2,1-2H3,(H,13,14)(H,15,16);1H. The van der Waals surface area contributed by atoms with Gasteiger partial charge in [-0.05, 0) is 12.3 Å². The molecule has 0 aliphatic carbocycles. The minimum absolute atomic E-state index is 0. The molecule has 0 heterocycles. The Morgan fingerprint density at radius 2 is 1.82 bits per heavy atom. The van der Waals surface area contributed by atoms with E-state index in [0.717, 1.165) is 31.8 Å². The zero-order valence-corrected chi connectivity index (χ0v) is 11.1. The molecule has 1 atom stereocenters. The van der Waals surface area contributed by atoms with Crippen LogP contribution >= 0.6 is 12.4 Å². The highest BCUT2D eigenvalue weighted by Gasteiger charge is 2.15. The lowest BCUT2D eigenvalue weighted by Gasteiger charge is -2.14. The topological polar surface area (TPSA) is 74.6 Å². The highest BCUT2D eigenvalue weighted by atomic mass is 35.5. The summed E-state index contributed by atoms with van der Waals surface area (Å²) in [4.78, 5) is 21.3. The monoisotopic (exact) mass is 264 g/mol. The van der Waals surface area contributed by atoms with Gasteiger partial charge in [-0.2, -0.15) is 0 Å². The summed E-state index contributed by atoms with van der Waals surface area (Å²) < 4.78 is 0. The molecule has 17 heavy (non-hydrogen) atoms. The largest absolute Gasteiger partial charge is 0.478 e. The van der Waals surface area contributed by atoms with Crippen molar-refractivity contribution in [2.24, 2.45) is 5.92 Å². The molecule has 0 spiro atoms. The molecule has 0 aromatic heterocycles. The number of aliphatic carboxylic acids is 2. The maximum absolute atomic E-state index is 10.8. The first-order chi connectivity index (χ1) is 7.51. The number of hydrogen-bond donors (Lipinski definition) is 2. The highest BCUT2D eigenvalue weighted by molar-refractivity contribution is 5.94. The van der Waals surface area contributed by atoms with Gasteiger partial charge in [-0.25, -0.2) is 9.59 Å². The Bertz CT molecular complexity index is 274. The maximum Gasteiger partial charge on any atom is 0.331 e. The van der Waals surface area contributed by atoms with E-state index in [1.807, 2.05) is 6.92 Å². The first-order valence-electron chi connectivity index (χ1n) is 5.68. The fourth-order valence-electron chi connectivity index (χ4n) is 1.61. The summed E-state index contributed by atoms with van der Waals surface area (Å²) >= 11 is 0. The third-order valence-electron chi connectivity index (χ3n) is 2.62. The van der Waals surface area contributed by atoms with Crippen molar-refractivity contribution in [1.29, 1.82) is 0 Å². The smallest absolute Gasteiger partial charge is 0.331 e. The van der Waals surface area contributed by atoms with E-state index < -0.39 is 11.9 Å². The second kappa shape index (κ2) is 10.1. The molecule has 0 aromatic carbocycles. The van der Waals surface area contributed by atoms with Gasteiger partial charge in [-0.15, -0.1) is 12.4 Å². The Balaban J connectivity index is 0. The Morgan fingerprint density at radius 3 is 2.18 bits per heavy atom. The van der Waals surface area contributed by atoms with Crippen LogP contribution in [0.4, 0.5) is 0 Å². The fraction of sp³-hybridized carbons (Fsp3) is 0.667. The Labute approximate surface area is 108 Å². The van der Waals surface area contributed by atoms with Crippen LogP contribution < -0.4 is 0 Å². The van der Waals surface area contributed by atoms with Gasteiger partial charge in [0.1, 0.15) is 0 Å². The lowest BCUT2D eigenvalue weighted by molar-refractivity contribution is -0.135. The van der Waals surface area contributed by atoms with Crippen LogP contribution in [0.15, 0.2) is 11.6 Å². The van der Waals surface area contributed by atoms with E-state index >= 15 is 0 Å². The van der Waals surface area contributed by atoms with Gasteiger partial charge in [0.05, 0.1) is 0 Å². The van der Waals surface area contributed by atoms with Crippen LogP contribution in [0.3, 0.4) is 0 Å². The van der Waals surface area contributed by atoms with Gasteiger partial charge in [0.15, 0.2) is 0 Å². The Kier molecular flexibility index (Phi) is 10.9. The molecule has 0 rings (SSSR count). The first-order valence-corrected chi connectivity index (χ1v) is 5.68. The molecule has 0 fully saturated rings. The van der Waals surface area contributed by atoms with E-state index in [2.05, 4.69) is 6.92 Å². The predicted molar refractivity (Wildman–Crippen MR) is 68.5 cm³/mol. The molecule has 0 radical (unpaired) electrons. The van der Waals surface area contributed by atoms with Crippen molar-refractivity contribution in [3.05, 3.63) is 11.6 Å². The predicted octanol–water partition coefficient (Wildman–Crippen LogP) is 3.11. The molecule has 0 bridgehead atoms. The van der Waals surface area contributed by atoms with Gasteiger partial charge in [0, 0.05) is 11.6 Å². The highest BCUT2D eigenvalue weighted by Crippen LogP contribution is 2.21. The van der Waals surface area contributed by atoms with Crippen molar-refractivity contribution in [3.63, 3.8) is 0 Å². The number of carbonyl (C=O) groups is 2. The van der Waals surface area contributed by atoms with Crippen LogP contribution in [0.5, 0.6) is 0 Å². The molecule has 0 saturated carbocycles. The lowest BCUT2D eigenvalue weighted by atomic mass is 9.92. The average molecular weight is 265 g/mol. The van der Waals surface area contributed by atoms with Crippen LogP contribution in [-0.4, -0.2) is 22.2 Å². The molecule has 5 heteroatoms. The molecule has 0 aliphatic rings. The summed E-state index contributed by atoms with van der Waals surface area (Å²) in [6.45, 7) is 4.08. The summed E-state index contributed by atoms with van der Waals surface area (Å²) in [5, 5.41) is 17.4. The number of hydrogen-bond acceptors (Lipinski definition) is 2. The quantitative estimate of drug-likeness (QED) is 0.661. The summed E-state index contributed by atoms with van der Waals surface area (Å²) in [5.74, 6) is -2.05. The zero-order valence-electron chi connectivity index (χ0n) is 10.3. The number of rotatable bonds is 8. The molecular weight excluding hydrogens is 244 g/mol. The maximum atomic E-state index is 10.8. The average Bonchev–Trinajstić information content (AvgIpc) is 2.21. The third kappa shape index (κ3) is 8.74. The van der Waals surface area contributed by atoms with Crippen molar-refractivity contribution in [3.8, 4) is 0 Å². The van der Waals surface area contributed by atoms with Gasteiger partial charge in [-0.1, -0.05) is 39.5 Å². The second-order valence-electron chi connectivity index (χ2n) is 3.93. The summed E-state index contributed by atoms with van der Waals surface area (Å²) in [7, 11) is 0. The van der Waals surface area contributed by atoms with Crippen molar-refractivity contribution in [1.82, 2.24) is 0 Å². The van der Waals surface area contributed by atoms with Gasteiger partial charge >= 0.3 is 11.9 Å². The minimum Gasteiger partial charge on any atom is -0.478 e. The number of carboxylic acids is 2.